The lowest BCUT2D eigenvalue weighted by molar-refractivity contribution is 0.0597. The van der Waals surface area contributed by atoms with Crippen molar-refractivity contribution in [3.05, 3.63) is 35.4 Å². The van der Waals surface area contributed by atoms with Crippen LogP contribution in [0.15, 0.2) is 24.3 Å². The topological polar surface area (TPSA) is 46.6 Å². The van der Waals surface area contributed by atoms with Crippen LogP contribution in [0.25, 0.3) is 0 Å². The van der Waals surface area contributed by atoms with Crippen LogP contribution in [0.2, 0.25) is 0 Å². The van der Waals surface area contributed by atoms with Gasteiger partial charge in [-0.25, -0.2) is 0 Å². The molecule has 0 atom stereocenters. The van der Waals surface area contributed by atoms with E-state index in [-0.39, 0.29) is 11.8 Å². The van der Waals surface area contributed by atoms with Gasteiger partial charge < -0.3 is 4.18 Å². The minimum Gasteiger partial charge on any atom is -0.302 e. The van der Waals surface area contributed by atoms with E-state index in [2.05, 4.69) is 21.2 Å². The van der Waals surface area contributed by atoms with E-state index in [0.29, 0.717) is 29.7 Å². The van der Waals surface area contributed by atoms with Crippen molar-refractivity contribution in [2.24, 2.45) is 5.92 Å². The Balaban J connectivity index is 1.63. The smallest absolute Gasteiger partial charge is 0.261 e. The Morgan fingerprint density at radius 2 is 1.67 bits per heavy atom. The number of carbonyl (C=O) groups excluding carboxylic acids is 2. The number of halogens is 1. The van der Waals surface area contributed by atoms with Crippen LogP contribution in [0, 0.1) is 5.92 Å². The third-order valence-electron chi connectivity index (χ3n) is 4.29. The first-order valence-electron chi connectivity index (χ1n) is 7.10. The Labute approximate surface area is 140 Å². The second-order valence-electron chi connectivity index (χ2n) is 5.57. The van der Waals surface area contributed by atoms with Gasteiger partial charge in [-0.2, -0.15) is 0 Å². The Morgan fingerprint density at radius 1 is 1.10 bits per heavy atom. The molecule has 6 heteroatoms. The Hall–Kier alpha value is -0.600. The van der Waals surface area contributed by atoms with E-state index in [1.54, 1.807) is 24.3 Å². The predicted octanol–water partition coefficient (Wildman–Crippen LogP) is 3.86. The second kappa shape index (κ2) is 6.66. The normalized spacial score (nSPS) is 25.3. The van der Waals surface area contributed by atoms with Crippen molar-refractivity contribution >= 4 is 42.2 Å². The van der Waals surface area contributed by atoms with Crippen LogP contribution >= 0.6 is 30.4 Å². The third-order valence-corrected chi connectivity index (χ3v) is 5.25. The number of carbonyl (C=O) groups is 2. The lowest BCUT2D eigenvalue weighted by Gasteiger charge is -2.29. The molecular weight excluding hydrogens is 401 g/mol. The molecule has 1 aromatic carbocycles. The summed E-state index contributed by atoms with van der Waals surface area (Å²) >= 11 is 2.14. The fourth-order valence-corrected chi connectivity index (χ4v) is 4.30. The number of amides is 2. The molecule has 0 saturated heterocycles. The molecule has 1 fully saturated rings. The monoisotopic (exact) mass is 417 g/mol. The van der Waals surface area contributed by atoms with Crippen molar-refractivity contribution in [2.45, 2.75) is 31.8 Å². The average Bonchev–Trinajstić information content (AvgIpc) is 2.75. The number of fused-ring (bicyclic) bond motifs is 1. The summed E-state index contributed by atoms with van der Waals surface area (Å²) in [4.78, 5) is 26.1. The van der Waals surface area contributed by atoms with Crippen LogP contribution in [-0.2, 0) is 4.18 Å². The first-order valence-corrected chi connectivity index (χ1v) is 10.4. The van der Waals surface area contributed by atoms with Gasteiger partial charge in [0.2, 0.25) is 0 Å². The second-order valence-corrected chi connectivity index (χ2v) is 6.97. The highest BCUT2D eigenvalue weighted by atomic mass is 127. The molecule has 21 heavy (non-hydrogen) atoms. The number of nitrogens with zero attached hydrogens (tertiary/aromatic N) is 1. The maximum atomic E-state index is 12.3. The SMILES string of the molecule is O=C1c2ccccc2C(=O)N1CC1CCC(OSI)CC1. The number of hydrogen-bond acceptors (Lipinski definition) is 4. The third kappa shape index (κ3) is 3.12. The first-order chi connectivity index (χ1) is 10.2. The summed E-state index contributed by atoms with van der Waals surface area (Å²) < 4.78 is 5.55. The standard InChI is InChI=1S/C15H16INO3S/c16-21-20-11-7-5-10(6-8-11)9-17-14(18)12-3-1-2-4-13(12)15(17)19/h1-4,10-11H,5-9H2. The quantitative estimate of drug-likeness (QED) is 0.424. The summed E-state index contributed by atoms with van der Waals surface area (Å²) in [5.41, 5.74) is 1.08. The summed E-state index contributed by atoms with van der Waals surface area (Å²) in [7, 11) is 1.39. The molecule has 112 valence electrons. The lowest BCUT2D eigenvalue weighted by atomic mass is 9.87. The molecule has 1 aromatic rings. The first kappa shape index (κ1) is 15.3. The molecule has 3 rings (SSSR count). The van der Waals surface area contributed by atoms with E-state index >= 15 is 0 Å². The van der Waals surface area contributed by atoms with Gasteiger partial charge in [-0.1, -0.05) is 12.1 Å². The van der Waals surface area contributed by atoms with Gasteiger partial charge in [0.25, 0.3) is 11.8 Å². The van der Waals surface area contributed by atoms with Crippen LogP contribution in [0.5, 0.6) is 0 Å². The maximum Gasteiger partial charge on any atom is 0.261 e. The molecule has 2 amide bonds. The molecule has 0 spiro atoms. The van der Waals surface area contributed by atoms with Gasteiger partial charge in [0, 0.05) is 27.8 Å². The van der Waals surface area contributed by atoms with Gasteiger partial charge >= 0.3 is 0 Å². The van der Waals surface area contributed by atoms with Crippen molar-refractivity contribution in [3.63, 3.8) is 0 Å². The highest BCUT2D eigenvalue weighted by Gasteiger charge is 2.37. The van der Waals surface area contributed by atoms with E-state index < -0.39 is 0 Å². The molecule has 0 bridgehead atoms. The number of hydrogen-bond donors (Lipinski definition) is 0. The number of benzene rings is 1. The number of rotatable bonds is 4. The fraction of sp³-hybridized carbons (Fsp3) is 0.467. The van der Waals surface area contributed by atoms with Gasteiger partial charge in [-0.3, -0.25) is 14.5 Å². The van der Waals surface area contributed by atoms with Crippen LogP contribution in [0.1, 0.15) is 46.4 Å². The van der Waals surface area contributed by atoms with Crippen LogP contribution in [0.3, 0.4) is 0 Å². The molecule has 0 aromatic heterocycles. The highest BCUT2D eigenvalue weighted by Crippen LogP contribution is 2.32. The molecule has 2 aliphatic rings. The molecule has 1 aliphatic carbocycles. The lowest BCUT2D eigenvalue weighted by Crippen LogP contribution is -2.36. The molecular formula is C15H16INO3S. The largest absolute Gasteiger partial charge is 0.302 e. The summed E-state index contributed by atoms with van der Waals surface area (Å²) in [5.74, 6) is 0.111. The molecule has 1 saturated carbocycles. The van der Waals surface area contributed by atoms with Gasteiger partial charge in [0.15, 0.2) is 0 Å². The van der Waals surface area contributed by atoms with Crippen molar-refractivity contribution in [3.8, 4) is 0 Å². The van der Waals surface area contributed by atoms with Gasteiger partial charge in [0.05, 0.1) is 26.4 Å². The Kier molecular flexibility index (Phi) is 4.85. The van der Waals surface area contributed by atoms with E-state index in [4.69, 9.17) is 4.18 Å². The van der Waals surface area contributed by atoms with E-state index in [1.165, 1.54) is 14.1 Å². The van der Waals surface area contributed by atoms with Crippen molar-refractivity contribution in [2.75, 3.05) is 6.54 Å². The molecule has 1 aliphatic heterocycles. The summed E-state index contributed by atoms with van der Waals surface area (Å²) in [6.07, 6.45) is 4.34. The summed E-state index contributed by atoms with van der Waals surface area (Å²) in [6.45, 7) is 0.538. The molecule has 0 unspecified atom stereocenters. The predicted molar refractivity (Wildman–Crippen MR) is 90.3 cm³/mol. The zero-order valence-corrected chi connectivity index (χ0v) is 14.4. The zero-order valence-electron chi connectivity index (χ0n) is 11.5. The van der Waals surface area contributed by atoms with Crippen LogP contribution in [-0.4, -0.2) is 29.4 Å². The molecule has 4 nitrogen and oxygen atoms in total. The van der Waals surface area contributed by atoms with E-state index in [0.717, 1.165) is 25.7 Å². The van der Waals surface area contributed by atoms with Crippen LogP contribution < -0.4 is 0 Å². The molecule has 0 N–H and O–H groups in total. The minimum absolute atomic E-state index is 0.142. The Morgan fingerprint density at radius 3 is 2.19 bits per heavy atom. The van der Waals surface area contributed by atoms with Crippen molar-refractivity contribution in [1.82, 2.24) is 4.90 Å². The summed E-state index contributed by atoms with van der Waals surface area (Å²) in [6, 6.07) is 7.07. The summed E-state index contributed by atoms with van der Waals surface area (Å²) in [5, 5.41) is 0. The number of imide groups is 1. The Bertz CT molecular complexity index is 523. The van der Waals surface area contributed by atoms with E-state index in [9.17, 15) is 9.59 Å². The average molecular weight is 417 g/mol. The van der Waals surface area contributed by atoms with E-state index in [1.807, 2.05) is 0 Å². The molecule has 1 heterocycles. The fourth-order valence-electron chi connectivity index (χ4n) is 3.13. The van der Waals surface area contributed by atoms with Gasteiger partial charge in [-0.05, 0) is 43.7 Å². The maximum absolute atomic E-state index is 12.3. The van der Waals surface area contributed by atoms with Crippen LogP contribution in [0.4, 0.5) is 0 Å². The van der Waals surface area contributed by atoms with Gasteiger partial charge in [-0.15, -0.1) is 0 Å². The minimum atomic E-state index is -0.142. The van der Waals surface area contributed by atoms with Crippen molar-refractivity contribution in [1.29, 1.82) is 0 Å². The highest BCUT2D eigenvalue weighted by molar-refractivity contribution is 14.2. The van der Waals surface area contributed by atoms with Gasteiger partial charge in [0.1, 0.15) is 0 Å². The molecule has 0 radical (unpaired) electrons. The van der Waals surface area contributed by atoms with Crippen molar-refractivity contribution < 1.29 is 13.8 Å². The zero-order chi connectivity index (χ0) is 14.8.